The highest BCUT2D eigenvalue weighted by molar-refractivity contribution is 7.39. The van der Waals surface area contributed by atoms with Crippen molar-refractivity contribution >= 4 is 17.2 Å². The minimum Gasteiger partial charge on any atom is -0.361 e. The normalized spacial score (nSPS) is 14.5. The van der Waals surface area contributed by atoms with Gasteiger partial charge in [0.05, 0.1) is 32.5 Å². The first kappa shape index (κ1) is 35.6. The van der Waals surface area contributed by atoms with E-state index in [4.69, 9.17) is 23.7 Å². The Morgan fingerprint density at radius 1 is 0.600 bits per heavy atom. The van der Waals surface area contributed by atoms with Gasteiger partial charge in [-0.2, -0.15) is 0 Å². The van der Waals surface area contributed by atoms with E-state index in [9.17, 15) is 0 Å². The maximum atomic E-state index is 6.26. The summed E-state index contributed by atoms with van der Waals surface area (Å²) in [5, 5.41) is 0. The van der Waals surface area contributed by atoms with Crippen LogP contribution >= 0.6 is 17.2 Å². The molecule has 0 fully saturated rings. The van der Waals surface area contributed by atoms with Crippen molar-refractivity contribution < 1.29 is 23.7 Å². The third-order valence-electron chi connectivity index (χ3n) is 5.66. The second-order valence-electron chi connectivity index (χ2n) is 9.28. The van der Waals surface area contributed by atoms with Crippen molar-refractivity contribution in [3.05, 3.63) is 0 Å². The lowest BCUT2D eigenvalue weighted by molar-refractivity contribution is -0.175. The molecule has 0 radical (unpaired) electrons. The molecule has 0 aliphatic rings. The zero-order valence-corrected chi connectivity index (χ0v) is 26.5. The van der Waals surface area contributed by atoms with E-state index in [1.807, 2.05) is 0 Å². The molecular formula is C27H59NO5P2. The van der Waals surface area contributed by atoms with E-state index in [-0.39, 0.29) is 12.3 Å². The van der Waals surface area contributed by atoms with Crippen molar-refractivity contribution in [1.82, 2.24) is 4.90 Å². The largest absolute Gasteiger partial charge is 0.361 e. The maximum absolute atomic E-state index is 6.26. The standard InChI is InChI=1S/C27H59NO5P2/c1-10-18-29-26(14-5,30-19-11-2)34-22-16-28(25(9)33-24(7)8)17-23-35-27(15-6,31-20-12-3)32-21-13-4/h24-25,34-35H,10-23H2,1-9H3. The summed E-state index contributed by atoms with van der Waals surface area (Å²) in [7, 11) is 1.20. The fourth-order valence-corrected chi connectivity index (χ4v) is 6.63. The van der Waals surface area contributed by atoms with E-state index in [1.165, 1.54) is 0 Å². The number of nitrogens with zero attached hydrogens (tertiary/aromatic N) is 1. The van der Waals surface area contributed by atoms with Crippen molar-refractivity contribution in [3.63, 3.8) is 0 Å². The Kier molecular flexibility index (Phi) is 21.9. The SMILES string of the molecule is CCCOC(CC)(OCCC)PCCN(CCPC(CC)(OCCC)OCCC)C(C)OC(C)C. The van der Waals surface area contributed by atoms with Gasteiger partial charge in [0.15, 0.2) is 11.1 Å². The highest BCUT2D eigenvalue weighted by atomic mass is 31.1. The summed E-state index contributed by atoms with van der Waals surface area (Å²) in [5.74, 6) is 0. The number of hydrogen-bond donors (Lipinski definition) is 0. The van der Waals surface area contributed by atoms with E-state index in [0.29, 0.717) is 17.2 Å². The predicted octanol–water partition coefficient (Wildman–Crippen LogP) is 7.25. The minimum atomic E-state index is -0.444. The number of hydrogen-bond acceptors (Lipinski definition) is 6. The molecular weight excluding hydrogens is 480 g/mol. The Bertz CT molecular complexity index is 434. The van der Waals surface area contributed by atoms with Gasteiger partial charge < -0.3 is 23.7 Å². The molecule has 0 saturated carbocycles. The summed E-state index contributed by atoms with van der Waals surface area (Å²) >= 11 is 0. The van der Waals surface area contributed by atoms with Crippen LogP contribution in [-0.2, 0) is 23.7 Å². The van der Waals surface area contributed by atoms with Crippen LogP contribution in [0, 0.1) is 0 Å². The van der Waals surface area contributed by atoms with E-state index >= 15 is 0 Å². The van der Waals surface area contributed by atoms with Gasteiger partial charge in [0.25, 0.3) is 0 Å². The molecule has 0 aromatic rings. The van der Waals surface area contributed by atoms with Gasteiger partial charge in [-0.05, 0) is 58.8 Å². The molecule has 0 rings (SSSR count). The van der Waals surface area contributed by atoms with Gasteiger partial charge in [-0.3, -0.25) is 4.90 Å². The van der Waals surface area contributed by atoms with Crippen LogP contribution in [0.15, 0.2) is 0 Å². The fraction of sp³-hybridized carbons (Fsp3) is 1.00. The molecule has 0 amide bonds. The first-order valence-corrected chi connectivity index (χ1v) is 16.6. The minimum absolute atomic E-state index is 0.0675. The second-order valence-corrected chi connectivity index (χ2v) is 12.5. The van der Waals surface area contributed by atoms with Crippen LogP contribution in [-0.4, -0.2) is 80.1 Å². The van der Waals surface area contributed by atoms with Crippen LogP contribution in [0.25, 0.3) is 0 Å². The summed E-state index contributed by atoms with van der Waals surface area (Å²) in [6.45, 7) is 24.3. The summed E-state index contributed by atoms with van der Waals surface area (Å²) in [6.07, 6.45) is 8.13. The molecule has 3 atom stereocenters. The van der Waals surface area contributed by atoms with Gasteiger partial charge in [-0.25, -0.2) is 0 Å². The van der Waals surface area contributed by atoms with E-state index in [0.717, 1.165) is 90.4 Å². The molecule has 0 bridgehead atoms. The smallest absolute Gasteiger partial charge is 0.183 e. The van der Waals surface area contributed by atoms with Gasteiger partial charge in [0.1, 0.15) is 6.23 Å². The molecule has 0 aromatic carbocycles. The van der Waals surface area contributed by atoms with Crippen LogP contribution in [0.1, 0.15) is 101 Å². The first-order chi connectivity index (χ1) is 16.8. The van der Waals surface area contributed by atoms with Crippen molar-refractivity contribution in [2.75, 3.05) is 51.8 Å². The molecule has 8 heteroatoms. The van der Waals surface area contributed by atoms with Gasteiger partial charge in [-0.1, -0.05) is 58.7 Å². The molecule has 3 unspecified atom stereocenters. The van der Waals surface area contributed by atoms with Gasteiger partial charge in [-0.15, -0.1) is 0 Å². The van der Waals surface area contributed by atoms with Gasteiger partial charge in [0.2, 0.25) is 0 Å². The van der Waals surface area contributed by atoms with Crippen molar-refractivity contribution in [3.8, 4) is 0 Å². The lowest BCUT2D eigenvalue weighted by atomic mass is 10.4. The third kappa shape index (κ3) is 15.6. The number of ether oxygens (including phenoxy) is 5. The van der Waals surface area contributed by atoms with Crippen LogP contribution < -0.4 is 0 Å². The average Bonchev–Trinajstić information content (AvgIpc) is 2.85. The predicted molar refractivity (Wildman–Crippen MR) is 155 cm³/mol. The van der Waals surface area contributed by atoms with E-state index in [1.54, 1.807) is 0 Å². The highest BCUT2D eigenvalue weighted by Crippen LogP contribution is 2.39. The molecule has 0 aromatic heterocycles. The average molecular weight is 540 g/mol. The van der Waals surface area contributed by atoms with Crippen molar-refractivity contribution in [1.29, 1.82) is 0 Å². The fourth-order valence-electron chi connectivity index (χ4n) is 3.75. The van der Waals surface area contributed by atoms with Crippen LogP contribution in [0.2, 0.25) is 0 Å². The van der Waals surface area contributed by atoms with Crippen LogP contribution in [0.4, 0.5) is 0 Å². The molecule has 0 heterocycles. The molecule has 0 N–H and O–H groups in total. The summed E-state index contributed by atoms with van der Waals surface area (Å²) in [6, 6.07) is 0. The second kappa shape index (κ2) is 21.5. The van der Waals surface area contributed by atoms with E-state index < -0.39 is 11.1 Å². The maximum Gasteiger partial charge on any atom is 0.183 e. The van der Waals surface area contributed by atoms with E-state index in [2.05, 4.69) is 67.2 Å². The zero-order chi connectivity index (χ0) is 26.6. The molecule has 0 spiro atoms. The van der Waals surface area contributed by atoms with Crippen LogP contribution in [0.3, 0.4) is 0 Å². The summed E-state index contributed by atoms with van der Waals surface area (Å²) < 4.78 is 31.2. The van der Waals surface area contributed by atoms with Crippen molar-refractivity contribution in [2.45, 2.75) is 124 Å². The lowest BCUT2D eigenvalue weighted by Gasteiger charge is -2.36. The zero-order valence-electron chi connectivity index (χ0n) is 24.5. The molecule has 0 aliphatic heterocycles. The highest BCUT2D eigenvalue weighted by Gasteiger charge is 2.31. The Morgan fingerprint density at radius 2 is 0.943 bits per heavy atom. The lowest BCUT2D eigenvalue weighted by Crippen LogP contribution is -2.41. The Labute approximate surface area is 221 Å². The summed E-state index contributed by atoms with van der Waals surface area (Å²) in [5.41, 5.74) is -0.887. The molecule has 0 aliphatic carbocycles. The van der Waals surface area contributed by atoms with Gasteiger partial charge in [0, 0.05) is 25.9 Å². The van der Waals surface area contributed by atoms with Gasteiger partial charge >= 0.3 is 0 Å². The topological polar surface area (TPSA) is 49.4 Å². The molecule has 212 valence electrons. The van der Waals surface area contributed by atoms with Crippen molar-refractivity contribution in [2.24, 2.45) is 0 Å². The Morgan fingerprint density at radius 3 is 1.20 bits per heavy atom. The number of rotatable bonds is 25. The molecule has 0 saturated heterocycles. The molecule has 35 heavy (non-hydrogen) atoms. The van der Waals surface area contributed by atoms with Crippen LogP contribution in [0.5, 0.6) is 0 Å². The Hall–Kier alpha value is 0.620. The quantitative estimate of drug-likeness (QED) is 0.0900. The third-order valence-corrected chi connectivity index (χ3v) is 8.97. The Balaban J connectivity index is 5.20. The monoisotopic (exact) mass is 539 g/mol. The first-order valence-electron chi connectivity index (χ1n) is 14.2. The molecule has 6 nitrogen and oxygen atoms in total. The summed E-state index contributed by atoms with van der Waals surface area (Å²) in [4.78, 5) is 2.47.